The third-order valence-electron chi connectivity index (χ3n) is 9.43. The first-order valence-corrected chi connectivity index (χ1v) is 13.6. The number of piperidine rings is 2. The molecule has 0 amide bonds. The molecule has 2 aliphatic heterocycles. The summed E-state index contributed by atoms with van der Waals surface area (Å²) in [4.78, 5) is 24.4. The molecule has 0 aromatic carbocycles. The topological polar surface area (TPSA) is 52.6 Å². The summed E-state index contributed by atoms with van der Waals surface area (Å²) in [6, 6.07) is 2.45. The summed E-state index contributed by atoms with van der Waals surface area (Å²) in [5.74, 6) is -0.160. The fraction of sp³-hybridized carbons (Fsp3) is 0.926. The smallest absolute Gasteiger partial charge is 0.311 e. The highest BCUT2D eigenvalue weighted by Crippen LogP contribution is 2.30. The van der Waals surface area contributed by atoms with E-state index in [9.17, 15) is 9.59 Å². The molecular formula is C27H52I2N2O4. The van der Waals surface area contributed by atoms with Crippen LogP contribution in [0.25, 0.3) is 0 Å². The van der Waals surface area contributed by atoms with Crippen LogP contribution < -0.4 is 48.0 Å². The van der Waals surface area contributed by atoms with Gasteiger partial charge in [-0.3, -0.25) is 9.59 Å². The number of quaternary nitrogens is 2. The number of rotatable bonds is 12. The van der Waals surface area contributed by atoms with Crippen LogP contribution in [-0.2, 0) is 19.1 Å². The molecule has 4 unspecified atom stereocenters. The van der Waals surface area contributed by atoms with Gasteiger partial charge in [0.2, 0.25) is 0 Å². The molecule has 2 fully saturated rings. The third-order valence-corrected chi connectivity index (χ3v) is 9.43. The van der Waals surface area contributed by atoms with E-state index in [1.165, 1.54) is 38.5 Å². The van der Waals surface area contributed by atoms with Crippen LogP contribution in [0.1, 0.15) is 98.3 Å². The van der Waals surface area contributed by atoms with Crippen molar-refractivity contribution in [2.45, 2.75) is 122 Å². The second kappa shape index (κ2) is 17.0. The first kappa shape index (κ1) is 35.3. The number of esters is 2. The Hall–Kier alpha value is 0.320. The number of carbonyl (C=O) groups is 2. The van der Waals surface area contributed by atoms with Crippen molar-refractivity contribution >= 4 is 11.9 Å². The Morgan fingerprint density at radius 2 is 0.943 bits per heavy atom. The van der Waals surface area contributed by atoms with Gasteiger partial charge in [-0.2, -0.15) is 0 Å². The van der Waals surface area contributed by atoms with Crippen LogP contribution in [0.3, 0.4) is 0 Å². The Morgan fingerprint density at radius 1 is 0.629 bits per heavy atom. The molecule has 35 heavy (non-hydrogen) atoms. The SMILES string of the molecule is CC1CCCC(C)[N+]1(C)CCC(=O)OCCCCCOC(=O)CC[N+]1(C)C(C)CCCC1C.[I-].[I-]. The van der Waals surface area contributed by atoms with Gasteiger partial charge in [-0.25, -0.2) is 0 Å². The molecule has 4 atom stereocenters. The fourth-order valence-electron chi connectivity index (χ4n) is 5.91. The highest BCUT2D eigenvalue weighted by Gasteiger charge is 2.39. The number of unbranched alkanes of at least 4 members (excludes halogenated alkanes) is 2. The molecule has 0 bridgehead atoms. The maximum Gasteiger partial charge on any atom is 0.311 e. The second-order valence-corrected chi connectivity index (χ2v) is 11.4. The largest absolute Gasteiger partial charge is 1.00 e. The van der Waals surface area contributed by atoms with Gasteiger partial charge in [0.1, 0.15) is 0 Å². The van der Waals surface area contributed by atoms with Crippen molar-refractivity contribution in [2.24, 2.45) is 0 Å². The lowest BCUT2D eigenvalue weighted by Gasteiger charge is -2.48. The van der Waals surface area contributed by atoms with Crippen LogP contribution in [0.2, 0.25) is 0 Å². The molecular weight excluding hydrogens is 670 g/mol. The molecule has 6 nitrogen and oxygen atoms in total. The summed E-state index contributed by atoms with van der Waals surface area (Å²) in [6.45, 7) is 11.9. The zero-order valence-electron chi connectivity index (χ0n) is 23.2. The Labute approximate surface area is 249 Å². The van der Waals surface area contributed by atoms with E-state index in [1.54, 1.807) is 0 Å². The Morgan fingerprint density at radius 3 is 1.26 bits per heavy atom. The van der Waals surface area contributed by atoms with Gasteiger partial charge in [-0.1, -0.05) is 0 Å². The molecule has 0 aliphatic carbocycles. The summed E-state index contributed by atoms with van der Waals surface area (Å²) in [7, 11) is 4.58. The Bertz CT molecular complexity index is 562. The highest BCUT2D eigenvalue weighted by molar-refractivity contribution is 5.69. The van der Waals surface area contributed by atoms with Gasteiger partial charge in [0.15, 0.2) is 0 Å². The van der Waals surface area contributed by atoms with Gasteiger partial charge in [0.25, 0.3) is 0 Å². The van der Waals surface area contributed by atoms with Crippen LogP contribution in [0.4, 0.5) is 0 Å². The molecule has 0 saturated carbocycles. The zero-order chi connectivity index (χ0) is 24.5. The quantitative estimate of drug-likeness (QED) is 0.111. The number of hydrogen-bond donors (Lipinski definition) is 0. The van der Waals surface area contributed by atoms with E-state index in [1.807, 2.05) is 0 Å². The summed E-state index contributed by atoms with van der Waals surface area (Å²) >= 11 is 0. The number of likely N-dealkylation sites (tertiary alicyclic amines) is 2. The monoisotopic (exact) mass is 722 g/mol. The molecule has 2 heterocycles. The molecule has 2 saturated heterocycles. The van der Waals surface area contributed by atoms with E-state index >= 15 is 0 Å². The molecule has 2 rings (SSSR count). The predicted octanol–water partition coefficient (Wildman–Crippen LogP) is -1.15. The molecule has 8 heteroatoms. The molecule has 0 radical (unpaired) electrons. The average Bonchev–Trinajstić information content (AvgIpc) is 2.78. The maximum absolute atomic E-state index is 12.2. The summed E-state index contributed by atoms with van der Waals surface area (Å²) in [5.41, 5.74) is 0. The minimum Gasteiger partial charge on any atom is -1.00 e. The number of halogens is 2. The van der Waals surface area contributed by atoms with Crippen LogP contribution in [0.5, 0.6) is 0 Å². The molecule has 0 aromatic heterocycles. The van der Waals surface area contributed by atoms with E-state index in [2.05, 4.69) is 41.8 Å². The van der Waals surface area contributed by atoms with Gasteiger partial charge < -0.3 is 66.4 Å². The lowest BCUT2D eigenvalue weighted by atomic mass is 9.94. The molecule has 2 aliphatic rings. The van der Waals surface area contributed by atoms with Gasteiger partial charge in [-0.05, 0) is 85.5 Å². The molecule has 0 N–H and O–H groups in total. The Balaban J connectivity index is 0.00000578. The number of ether oxygens (including phenoxy) is 2. The van der Waals surface area contributed by atoms with E-state index in [-0.39, 0.29) is 59.9 Å². The fourth-order valence-corrected chi connectivity index (χ4v) is 5.91. The van der Waals surface area contributed by atoms with Crippen molar-refractivity contribution in [1.29, 1.82) is 0 Å². The van der Waals surface area contributed by atoms with Crippen molar-refractivity contribution in [2.75, 3.05) is 40.4 Å². The number of hydrogen-bond acceptors (Lipinski definition) is 4. The maximum atomic E-state index is 12.2. The summed E-state index contributed by atoms with van der Waals surface area (Å²) in [6.07, 6.45) is 11.1. The van der Waals surface area contributed by atoms with E-state index in [0.717, 1.165) is 41.3 Å². The molecule has 0 aromatic rings. The molecule has 0 spiro atoms. The van der Waals surface area contributed by atoms with Gasteiger partial charge in [-0.15, -0.1) is 0 Å². The normalized spacial score (nSPS) is 32.6. The van der Waals surface area contributed by atoms with Gasteiger partial charge >= 0.3 is 11.9 Å². The van der Waals surface area contributed by atoms with Crippen LogP contribution in [0.15, 0.2) is 0 Å². The van der Waals surface area contributed by atoms with E-state index in [4.69, 9.17) is 9.47 Å². The number of carbonyl (C=O) groups excluding carboxylic acids is 2. The molecule has 208 valence electrons. The lowest BCUT2D eigenvalue weighted by molar-refractivity contribution is -0.957. The van der Waals surface area contributed by atoms with Crippen LogP contribution in [0, 0.1) is 0 Å². The zero-order valence-corrected chi connectivity index (χ0v) is 27.5. The van der Waals surface area contributed by atoms with Crippen LogP contribution in [-0.4, -0.2) is 85.5 Å². The standard InChI is InChI=1S/C27H52N2O4.2HI/c1-22-12-10-13-23(2)28(22,5)18-16-26(30)32-20-8-7-9-21-33-27(31)17-19-29(6)24(3)14-11-15-25(29)4;;/h22-25H,7-21H2,1-6H3;2*1H/q+2;;/p-2. The van der Waals surface area contributed by atoms with Crippen molar-refractivity contribution in [3.05, 3.63) is 0 Å². The average molecular weight is 723 g/mol. The van der Waals surface area contributed by atoms with Crippen molar-refractivity contribution in [3.63, 3.8) is 0 Å². The summed E-state index contributed by atoms with van der Waals surface area (Å²) in [5, 5.41) is 0. The first-order chi connectivity index (χ1) is 15.6. The van der Waals surface area contributed by atoms with Crippen molar-refractivity contribution in [3.8, 4) is 0 Å². The number of nitrogens with zero attached hydrogens (tertiary/aromatic N) is 2. The minimum atomic E-state index is -0.0801. The first-order valence-electron chi connectivity index (χ1n) is 13.6. The van der Waals surface area contributed by atoms with Gasteiger partial charge in [0, 0.05) is 0 Å². The highest BCUT2D eigenvalue weighted by atomic mass is 127. The van der Waals surface area contributed by atoms with Crippen molar-refractivity contribution in [1.82, 2.24) is 0 Å². The van der Waals surface area contributed by atoms with Crippen molar-refractivity contribution < 1.29 is 76.0 Å². The Kier molecular flexibility index (Phi) is 17.2. The van der Waals surface area contributed by atoms with E-state index in [0.29, 0.717) is 50.2 Å². The minimum absolute atomic E-state index is 0. The van der Waals surface area contributed by atoms with Gasteiger partial charge in [0.05, 0.1) is 77.4 Å². The third kappa shape index (κ3) is 10.5. The second-order valence-electron chi connectivity index (χ2n) is 11.4. The van der Waals surface area contributed by atoms with E-state index < -0.39 is 0 Å². The van der Waals surface area contributed by atoms with Crippen LogP contribution >= 0.6 is 0 Å². The lowest BCUT2D eigenvalue weighted by Crippen LogP contribution is -3.00. The summed E-state index contributed by atoms with van der Waals surface area (Å²) < 4.78 is 12.9. The predicted molar refractivity (Wildman–Crippen MR) is 133 cm³/mol.